The third-order valence-corrected chi connectivity index (χ3v) is 5.79. The van der Waals surface area contributed by atoms with Crippen molar-refractivity contribution in [1.29, 1.82) is 0 Å². The lowest BCUT2D eigenvalue weighted by molar-refractivity contribution is 0.104. The number of furan rings is 1. The highest BCUT2D eigenvalue weighted by Crippen LogP contribution is 2.35. The lowest BCUT2D eigenvalue weighted by Crippen LogP contribution is -2.57. The zero-order valence-electron chi connectivity index (χ0n) is 17.1. The predicted octanol–water partition coefficient (Wildman–Crippen LogP) is 0.453. The van der Waals surface area contributed by atoms with Crippen LogP contribution >= 0.6 is 0 Å². The number of carbonyl (C=O) groups excluding carboxylic acids is 1. The molecule has 5 aromatic rings. The van der Waals surface area contributed by atoms with E-state index >= 15 is 0 Å². The standard InChI is InChI=1S/C25H11B5O2/c26-19-18(20(27)22(29)23(30)21(19)28)24(31)13-10-8-12(9-11-13)14-5-3-6-16-15-4-1-2-7-17(15)32-25(14)16/h1-11H. The van der Waals surface area contributed by atoms with E-state index in [0.717, 1.165) is 33.1 Å². The maximum atomic E-state index is 13.2. The van der Waals surface area contributed by atoms with Crippen molar-refractivity contribution >= 4 is 94.3 Å². The van der Waals surface area contributed by atoms with Gasteiger partial charge >= 0.3 is 0 Å². The molecule has 0 aliphatic heterocycles. The lowest BCUT2D eigenvalue weighted by Gasteiger charge is -2.20. The summed E-state index contributed by atoms with van der Waals surface area (Å²) in [4.78, 5) is 13.2. The van der Waals surface area contributed by atoms with E-state index in [0.29, 0.717) is 5.56 Å². The van der Waals surface area contributed by atoms with Gasteiger partial charge in [-0.15, -0.1) is 16.4 Å². The SMILES string of the molecule is [B]c1c([B])c([B])c(C(=O)c2ccc(-c3cccc4c3oc3ccccc34)cc2)c([B])c1[B]. The molecule has 0 aliphatic carbocycles. The number of fused-ring (bicyclic) bond motifs is 3. The van der Waals surface area contributed by atoms with Crippen LogP contribution in [0.1, 0.15) is 15.9 Å². The number of benzene rings is 4. The van der Waals surface area contributed by atoms with Crippen molar-refractivity contribution in [2.75, 3.05) is 0 Å². The Bertz CT molecular complexity index is 1510. The minimum absolute atomic E-state index is 0.0234. The van der Waals surface area contributed by atoms with Gasteiger partial charge in [0.1, 0.15) is 50.4 Å². The zero-order valence-corrected chi connectivity index (χ0v) is 17.1. The molecule has 0 aliphatic rings. The fourth-order valence-corrected chi connectivity index (χ4v) is 4.01. The van der Waals surface area contributed by atoms with Gasteiger partial charge in [-0.05, 0) is 11.6 Å². The molecule has 0 bridgehead atoms. The molecule has 0 saturated carbocycles. The first-order valence-corrected chi connectivity index (χ1v) is 9.95. The molecular formula is C25H11B5O2. The van der Waals surface area contributed by atoms with Crippen LogP contribution in [0, 0.1) is 0 Å². The summed E-state index contributed by atoms with van der Waals surface area (Å²) < 4.78 is 6.11. The molecule has 0 spiro atoms. The van der Waals surface area contributed by atoms with Crippen molar-refractivity contribution in [3.8, 4) is 11.1 Å². The normalized spacial score (nSPS) is 11.2. The second kappa shape index (κ2) is 7.67. The second-order valence-electron chi connectivity index (χ2n) is 7.63. The van der Waals surface area contributed by atoms with Gasteiger partial charge in [0.2, 0.25) is 0 Å². The van der Waals surface area contributed by atoms with Gasteiger partial charge in [0.15, 0.2) is 5.78 Å². The van der Waals surface area contributed by atoms with Gasteiger partial charge < -0.3 is 4.42 Å². The van der Waals surface area contributed by atoms with Crippen molar-refractivity contribution < 1.29 is 9.21 Å². The average molecular weight is 397 g/mol. The van der Waals surface area contributed by atoms with Gasteiger partial charge in [-0.3, -0.25) is 4.79 Å². The summed E-state index contributed by atoms with van der Waals surface area (Å²) in [6, 6.07) is 21.0. The number of hydrogen-bond donors (Lipinski definition) is 0. The summed E-state index contributed by atoms with van der Waals surface area (Å²) in [6.07, 6.45) is 0. The first kappa shape index (κ1) is 20.6. The van der Waals surface area contributed by atoms with E-state index in [9.17, 15) is 4.79 Å². The molecule has 0 unspecified atom stereocenters. The molecule has 1 aromatic heterocycles. The summed E-state index contributed by atoms with van der Waals surface area (Å²) in [5.74, 6) is -0.383. The molecule has 0 amide bonds. The minimum Gasteiger partial charge on any atom is -0.455 e. The highest BCUT2D eigenvalue weighted by Gasteiger charge is 2.18. The lowest BCUT2D eigenvalue weighted by atomic mass is 9.60. The Labute approximate surface area is 192 Å². The summed E-state index contributed by atoms with van der Waals surface area (Å²) in [5.41, 5.74) is 4.12. The van der Waals surface area contributed by atoms with Crippen molar-refractivity contribution in [1.82, 2.24) is 0 Å². The highest BCUT2D eigenvalue weighted by molar-refractivity contribution is 6.68. The number of carbonyl (C=O) groups is 1. The Morgan fingerprint density at radius 1 is 0.625 bits per heavy atom. The average Bonchev–Trinajstić information content (AvgIpc) is 3.20. The maximum Gasteiger partial charge on any atom is 0.191 e. The maximum absolute atomic E-state index is 13.2. The molecule has 0 fully saturated rings. The zero-order chi connectivity index (χ0) is 22.6. The highest BCUT2D eigenvalue weighted by atomic mass is 16.3. The van der Waals surface area contributed by atoms with E-state index in [-0.39, 0.29) is 38.7 Å². The van der Waals surface area contributed by atoms with Crippen LogP contribution in [-0.4, -0.2) is 45.0 Å². The molecule has 5 rings (SSSR count). The minimum atomic E-state index is -0.383. The number of hydrogen-bond acceptors (Lipinski definition) is 2. The molecule has 10 radical (unpaired) electrons. The number of rotatable bonds is 3. The van der Waals surface area contributed by atoms with Gasteiger partial charge in [0.05, 0.1) is 0 Å². The molecule has 0 saturated heterocycles. The van der Waals surface area contributed by atoms with Crippen LogP contribution in [0.15, 0.2) is 71.1 Å². The van der Waals surface area contributed by atoms with Crippen LogP contribution in [-0.2, 0) is 0 Å². The van der Waals surface area contributed by atoms with E-state index < -0.39 is 0 Å². The van der Waals surface area contributed by atoms with Crippen molar-refractivity contribution in [2.24, 2.45) is 0 Å². The van der Waals surface area contributed by atoms with E-state index in [1.807, 2.05) is 54.6 Å². The van der Waals surface area contributed by atoms with Crippen molar-refractivity contribution in [2.45, 2.75) is 0 Å². The Hall–Kier alpha value is -3.33. The summed E-state index contributed by atoms with van der Waals surface area (Å²) in [6.45, 7) is 0. The van der Waals surface area contributed by atoms with Crippen LogP contribution in [0.5, 0.6) is 0 Å². The molecule has 138 valence electrons. The predicted molar refractivity (Wildman–Crippen MR) is 136 cm³/mol. The molecule has 32 heavy (non-hydrogen) atoms. The fourth-order valence-electron chi connectivity index (χ4n) is 4.01. The number of ketones is 1. The molecule has 1 heterocycles. The molecule has 7 heteroatoms. The largest absolute Gasteiger partial charge is 0.455 e. The molecule has 0 N–H and O–H groups in total. The summed E-state index contributed by atoms with van der Waals surface area (Å²) in [5, 5.41) is 2.09. The molecule has 4 aromatic carbocycles. The van der Waals surface area contributed by atoms with Gasteiger partial charge in [0.25, 0.3) is 0 Å². The Balaban J connectivity index is 1.58. The molecule has 0 atom stereocenters. The van der Waals surface area contributed by atoms with E-state index in [1.54, 1.807) is 12.1 Å². The Kier molecular flexibility index (Phi) is 4.93. The monoisotopic (exact) mass is 398 g/mol. The Morgan fingerprint density at radius 3 is 1.91 bits per heavy atom. The van der Waals surface area contributed by atoms with Gasteiger partial charge in [-0.25, -0.2) is 0 Å². The van der Waals surface area contributed by atoms with Crippen molar-refractivity contribution in [3.63, 3.8) is 0 Å². The molecular weight excluding hydrogens is 386 g/mol. The fraction of sp³-hybridized carbons (Fsp3) is 0. The topological polar surface area (TPSA) is 30.2 Å². The third-order valence-electron chi connectivity index (χ3n) is 5.79. The van der Waals surface area contributed by atoms with Crippen LogP contribution < -0.4 is 27.3 Å². The Morgan fingerprint density at radius 2 is 1.22 bits per heavy atom. The third kappa shape index (κ3) is 3.07. The van der Waals surface area contributed by atoms with E-state index in [4.69, 9.17) is 43.6 Å². The summed E-state index contributed by atoms with van der Waals surface area (Å²) >= 11 is 0. The number of para-hydroxylation sites is 2. The summed E-state index contributed by atoms with van der Waals surface area (Å²) in [7, 11) is 29.7. The van der Waals surface area contributed by atoms with Crippen molar-refractivity contribution in [3.05, 3.63) is 77.9 Å². The van der Waals surface area contributed by atoms with Crippen LogP contribution in [0.3, 0.4) is 0 Å². The van der Waals surface area contributed by atoms with Crippen LogP contribution in [0.2, 0.25) is 0 Å². The molecule has 2 nitrogen and oxygen atoms in total. The van der Waals surface area contributed by atoms with E-state index in [1.165, 1.54) is 0 Å². The van der Waals surface area contributed by atoms with Gasteiger partial charge in [-0.2, -0.15) is 0 Å². The van der Waals surface area contributed by atoms with Crippen LogP contribution in [0.25, 0.3) is 33.1 Å². The van der Waals surface area contributed by atoms with E-state index in [2.05, 4.69) is 0 Å². The van der Waals surface area contributed by atoms with Crippen LogP contribution in [0.4, 0.5) is 0 Å². The van der Waals surface area contributed by atoms with Gasteiger partial charge in [0, 0.05) is 27.5 Å². The quantitative estimate of drug-likeness (QED) is 0.327. The first-order chi connectivity index (χ1) is 15.4. The first-order valence-electron chi connectivity index (χ1n) is 9.95. The second-order valence-corrected chi connectivity index (χ2v) is 7.63. The van der Waals surface area contributed by atoms with Gasteiger partial charge in [-0.1, -0.05) is 71.6 Å². The smallest absolute Gasteiger partial charge is 0.191 e.